The molecule has 3 nitrogen and oxygen atoms in total. The number of aliphatic hydroxyl groups is 1. The quantitative estimate of drug-likeness (QED) is 0.409. The summed E-state index contributed by atoms with van der Waals surface area (Å²) in [7, 11) is 3.83. The van der Waals surface area contributed by atoms with Gasteiger partial charge in [0.1, 0.15) is 6.61 Å². The van der Waals surface area contributed by atoms with E-state index in [9.17, 15) is 4.79 Å². The molecule has 0 bridgehead atoms. The highest BCUT2D eigenvalue weighted by molar-refractivity contribution is 8.13. The first-order chi connectivity index (χ1) is 4.57. The third kappa shape index (κ3) is 7.04. The predicted molar refractivity (Wildman–Crippen MR) is 42.0 cm³/mol. The van der Waals surface area contributed by atoms with E-state index in [2.05, 4.69) is 0 Å². The zero-order chi connectivity index (χ0) is 8.15. The molecule has 0 aliphatic heterocycles. The van der Waals surface area contributed by atoms with E-state index in [0.29, 0.717) is 0 Å². The van der Waals surface area contributed by atoms with Gasteiger partial charge in [-0.3, -0.25) is 4.79 Å². The first-order valence-electron chi connectivity index (χ1n) is 3.16. The molecule has 0 aliphatic rings. The van der Waals surface area contributed by atoms with Crippen LogP contribution in [0.4, 0.5) is 0 Å². The van der Waals surface area contributed by atoms with E-state index in [0.717, 1.165) is 4.90 Å². The number of likely N-dealkylation sites (N-methyl/N-ethyl adjacent to an activating group) is 1. The summed E-state index contributed by atoms with van der Waals surface area (Å²) >= 11 is 1.18. The topological polar surface area (TPSA) is 41.7 Å². The van der Waals surface area contributed by atoms with E-state index in [-0.39, 0.29) is 41.1 Å². The fraction of sp³-hybridized carbons (Fsp3) is 0.833. The zero-order valence-electron chi connectivity index (χ0n) is 6.93. The maximum atomic E-state index is 10.6. The third-order valence-electron chi connectivity index (χ3n) is 1.12. The molecule has 0 spiro atoms. The summed E-state index contributed by atoms with van der Waals surface area (Å²) in [6.45, 7) is 1.56. The van der Waals surface area contributed by atoms with E-state index in [1.54, 1.807) is 0 Å². The number of rotatable bonds is 3. The van der Waals surface area contributed by atoms with Gasteiger partial charge in [0.2, 0.25) is 0 Å². The number of hydrogen-bond acceptors (Lipinski definition) is 3. The van der Waals surface area contributed by atoms with E-state index < -0.39 is 0 Å². The van der Waals surface area contributed by atoms with E-state index in [4.69, 9.17) is 5.11 Å². The van der Waals surface area contributed by atoms with Gasteiger partial charge in [0.15, 0.2) is 10.5 Å². The molecule has 0 fully saturated rings. The highest BCUT2D eigenvalue weighted by atomic mass is 127. The van der Waals surface area contributed by atoms with Crippen LogP contribution in [0.5, 0.6) is 0 Å². The van der Waals surface area contributed by atoms with Crippen LogP contribution in [-0.4, -0.2) is 36.3 Å². The predicted octanol–water partition coefficient (Wildman–Crippen LogP) is -4.27. The third-order valence-corrected chi connectivity index (χ3v) is 2.35. The van der Waals surface area contributed by atoms with Crippen molar-refractivity contribution in [1.82, 2.24) is 0 Å². The van der Waals surface area contributed by atoms with E-state index in [1.807, 2.05) is 14.1 Å². The minimum atomic E-state index is -0.0162. The number of carbonyl (C=O) groups excluding carboxylic acids is 1. The molecule has 68 valence electrons. The van der Waals surface area contributed by atoms with Crippen molar-refractivity contribution in [3.8, 4) is 0 Å². The molecule has 0 radical (unpaired) electrons. The van der Waals surface area contributed by atoms with Gasteiger partial charge in [0.05, 0.1) is 14.1 Å². The molecule has 0 amide bonds. The van der Waals surface area contributed by atoms with Crippen molar-refractivity contribution in [2.75, 3.05) is 20.7 Å². The normalized spacial score (nSPS) is 12.5. The average Bonchev–Trinajstić information content (AvgIpc) is 1.81. The Balaban J connectivity index is 0. The molecular formula is C6H14INO2S. The van der Waals surface area contributed by atoms with Gasteiger partial charge < -0.3 is 34.0 Å². The SMILES string of the molecule is CC(=O)SC(CO)[NH+](C)C.[I-]. The molecule has 0 saturated heterocycles. The fourth-order valence-corrected chi connectivity index (χ4v) is 1.25. The molecule has 11 heavy (non-hydrogen) atoms. The highest BCUT2D eigenvalue weighted by Crippen LogP contribution is 2.03. The monoisotopic (exact) mass is 291 g/mol. The molecule has 0 heterocycles. The highest BCUT2D eigenvalue weighted by Gasteiger charge is 2.15. The summed E-state index contributed by atoms with van der Waals surface area (Å²) in [5, 5.41) is 8.79. The minimum absolute atomic E-state index is 0. The van der Waals surface area contributed by atoms with Crippen molar-refractivity contribution in [2.24, 2.45) is 0 Å². The van der Waals surface area contributed by atoms with Crippen molar-refractivity contribution < 1.29 is 38.8 Å². The molecule has 1 unspecified atom stereocenters. The number of halogens is 1. The lowest BCUT2D eigenvalue weighted by Crippen LogP contribution is -3.10. The zero-order valence-corrected chi connectivity index (χ0v) is 9.90. The summed E-state index contributed by atoms with van der Waals surface area (Å²) in [5.41, 5.74) is 0. The van der Waals surface area contributed by atoms with Crippen molar-refractivity contribution in [3.63, 3.8) is 0 Å². The lowest BCUT2D eigenvalue weighted by molar-refractivity contribution is -0.869. The Labute approximate surface area is 88.5 Å². The number of aliphatic hydroxyl groups excluding tert-OH is 1. The van der Waals surface area contributed by atoms with Gasteiger partial charge in [-0.15, -0.1) is 0 Å². The summed E-state index contributed by atoms with van der Waals surface area (Å²) < 4.78 is 0. The number of hydrogen-bond donors (Lipinski definition) is 2. The Hall–Kier alpha value is 0.670. The van der Waals surface area contributed by atoms with Gasteiger partial charge in [-0.2, -0.15) is 0 Å². The molecule has 0 aromatic rings. The number of carbonyl (C=O) groups is 1. The second-order valence-electron chi connectivity index (χ2n) is 2.36. The standard InChI is InChI=1S/C6H13NO2S.HI/c1-5(9)10-6(4-8)7(2)3;/h6,8H,4H2,1-3H3;1H. The van der Waals surface area contributed by atoms with Gasteiger partial charge in [0, 0.05) is 6.92 Å². The minimum Gasteiger partial charge on any atom is -1.00 e. The van der Waals surface area contributed by atoms with Gasteiger partial charge in [-0.1, -0.05) is 0 Å². The average molecular weight is 291 g/mol. The van der Waals surface area contributed by atoms with Crippen molar-refractivity contribution in [1.29, 1.82) is 0 Å². The van der Waals surface area contributed by atoms with Crippen LogP contribution in [0.2, 0.25) is 0 Å². The van der Waals surface area contributed by atoms with Crippen LogP contribution < -0.4 is 28.9 Å². The summed E-state index contributed by atoms with van der Waals surface area (Å²) in [6.07, 6.45) is 0. The van der Waals surface area contributed by atoms with Crippen LogP contribution in [-0.2, 0) is 4.79 Å². The van der Waals surface area contributed by atoms with Gasteiger partial charge in [-0.25, -0.2) is 0 Å². The molecule has 0 saturated carbocycles. The molecule has 0 rings (SSSR count). The first-order valence-corrected chi connectivity index (χ1v) is 4.04. The Kier molecular flexibility index (Phi) is 9.46. The maximum absolute atomic E-state index is 10.6. The van der Waals surface area contributed by atoms with Crippen molar-refractivity contribution in [2.45, 2.75) is 12.3 Å². The largest absolute Gasteiger partial charge is 1.00 e. The summed E-state index contributed by atoms with van der Waals surface area (Å²) in [6, 6.07) is 0. The second kappa shape index (κ2) is 7.33. The molecule has 0 aromatic heterocycles. The fourth-order valence-electron chi connectivity index (χ4n) is 0.538. The van der Waals surface area contributed by atoms with E-state index in [1.165, 1.54) is 18.7 Å². The molecule has 0 aliphatic carbocycles. The van der Waals surface area contributed by atoms with Crippen molar-refractivity contribution >= 4 is 16.9 Å². The number of thioether (sulfide) groups is 1. The van der Waals surface area contributed by atoms with Crippen LogP contribution in [0, 0.1) is 0 Å². The van der Waals surface area contributed by atoms with Crippen molar-refractivity contribution in [3.05, 3.63) is 0 Å². The smallest absolute Gasteiger partial charge is 0.191 e. The maximum Gasteiger partial charge on any atom is 0.191 e. The van der Waals surface area contributed by atoms with Crippen LogP contribution in [0.3, 0.4) is 0 Å². The van der Waals surface area contributed by atoms with E-state index >= 15 is 0 Å². The Morgan fingerprint density at radius 1 is 1.64 bits per heavy atom. The van der Waals surface area contributed by atoms with Crippen LogP contribution in [0.25, 0.3) is 0 Å². The van der Waals surface area contributed by atoms with Crippen LogP contribution in [0.1, 0.15) is 6.92 Å². The molecule has 1 atom stereocenters. The number of nitrogens with one attached hydrogen (secondary N) is 1. The molecule has 5 heteroatoms. The molecular weight excluding hydrogens is 277 g/mol. The summed E-state index contributed by atoms with van der Waals surface area (Å²) in [4.78, 5) is 11.6. The lowest BCUT2D eigenvalue weighted by Gasteiger charge is -2.16. The van der Waals surface area contributed by atoms with Gasteiger partial charge in [0.25, 0.3) is 0 Å². The lowest BCUT2D eigenvalue weighted by atomic mass is 10.6. The Morgan fingerprint density at radius 2 is 2.09 bits per heavy atom. The Bertz CT molecular complexity index is 121. The van der Waals surface area contributed by atoms with Crippen LogP contribution >= 0.6 is 11.8 Å². The molecule has 0 aromatic carbocycles. The summed E-state index contributed by atoms with van der Waals surface area (Å²) in [5.74, 6) is 0. The van der Waals surface area contributed by atoms with Gasteiger partial charge in [-0.05, 0) is 11.8 Å². The molecule has 2 N–H and O–H groups in total. The Morgan fingerprint density at radius 3 is 2.18 bits per heavy atom. The first kappa shape index (κ1) is 14.2. The second-order valence-corrected chi connectivity index (χ2v) is 3.74. The van der Waals surface area contributed by atoms with Gasteiger partial charge >= 0.3 is 0 Å². The van der Waals surface area contributed by atoms with Crippen LogP contribution in [0.15, 0.2) is 0 Å². The number of quaternary nitrogens is 1.